The minimum absolute atomic E-state index is 0.305. The Labute approximate surface area is 77.7 Å². The van der Waals surface area contributed by atoms with Gasteiger partial charge in [0.1, 0.15) is 0 Å². The Bertz CT molecular complexity index is 299. The van der Waals surface area contributed by atoms with E-state index >= 15 is 0 Å². The van der Waals surface area contributed by atoms with Gasteiger partial charge in [-0.3, -0.25) is 0 Å². The summed E-state index contributed by atoms with van der Waals surface area (Å²) in [6.45, 7) is 2.48. The zero-order valence-corrected chi connectivity index (χ0v) is 7.75. The van der Waals surface area contributed by atoms with Gasteiger partial charge in [0.2, 0.25) is 6.79 Å². The molecule has 0 radical (unpaired) electrons. The molecule has 0 aromatic carbocycles. The van der Waals surface area contributed by atoms with Crippen LogP contribution in [-0.2, 0) is 6.42 Å². The molecular weight excluding hydrogens is 166 g/mol. The van der Waals surface area contributed by atoms with Crippen molar-refractivity contribution in [3.8, 4) is 11.6 Å². The van der Waals surface area contributed by atoms with Crippen LogP contribution in [0.15, 0.2) is 12.1 Å². The largest absolute Gasteiger partial charge is 0.452 e. The van der Waals surface area contributed by atoms with Gasteiger partial charge in [0, 0.05) is 5.69 Å². The fraction of sp³-hybridized carbons (Fsp3) is 0.500. The summed E-state index contributed by atoms with van der Waals surface area (Å²) < 4.78 is 10.4. The molecule has 0 fully saturated rings. The molecule has 2 rings (SSSR count). The van der Waals surface area contributed by atoms with E-state index in [0.29, 0.717) is 12.7 Å². The third kappa shape index (κ3) is 1.74. The van der Waals surface area contributed by atoms with Crippen molar-refractivity contribution < 1.29 is 9.47 Å². The lowest BCUT2D eigenvalue weighted by Crippen LogP contribution is -1.94. The number of unbranched alkanes of at least 4 members (excludes halogenated alkanes) is 1. The molecule has 0 amide bonds. The van der Waals surface area contributed by atoms with E-state index < -0.39 is 0 Å². The van der Waals surface area contributed by atoms with Crippen LogP contribution in [0.4, 0.5) is 0 Å². The molecule has 0 spiro atoms. The van der Waals surface area contributed by atoms with Gasteiger partial charge in [0.25, 0.3) is 5.88 Å². The lowest BCUT2D eigenvalue weighted by molar-refractivity contribution is 0.171. The third-order valence-corrected chi connectivity index (χ3v) is 2.08. The second-order valence-electron chi connectivity index (χ2n) is 3.12. The number of rotatable bonds is 3. The average molecular weight is 179 g/mol. The van der Waals surface area contributed by atoms with Gasteiger partial charge in [0.05, 0.1) is 0 Å². The van der Waals surface area contributed by atoms with Crippen LogP contribution in [0.1, 0.15) is 25.5 Å². The molecular formula is C10H13NO2. The monoisotopic (exact) mass is 179 g/mol. The molecule has 2 heterocycles. The van der Waals surface area contributed by atoms with Crippen LogP contribution in [0.5, 0.6) is 11.6 Å². The van der Waals surface area contributed by atoms with E-state index in [2.05, 4.69) is 11.9 Å². The maximum atomic E-state index is 5.19. The summed E-state index contributed by atoms with van der Waals surface area (Å²) in [6, 6.07) is 3.93. The third-order valence-electron chi connectivity index (χ3n) is 2.08. The van der Waals surface area contributed by atoms with Gasteiger partial charge >= 0.3 is 0 Å². The predicted octanol–water partition coefficient (Wildman–Crippen LogP) is 2.15. The minimum atomic E-state index is 0.305. The molecule has 3 heteroatoms. The van der Waals surface area contributed by atoms with Gasteiger partial charge in [-0.25, -0.2) is 4.98 Å². The first-order valence-electron chi connectivity index (χ1n) is 4.65. The van der Waals surface area contributed by atoms with Crippen molar-refractivity contribution in [3.63, 3.8) is 0 Å². The molecule has 0 unspecified atom stereocenters. The molecule has 3 nitrogen and oxygen atoms in total. The van der Waals surface area contributed by atoms with Crippen molar-refractivity contribution in [2.24, 2.45) is 0 Å². The fourth-order valence-electron chi connectivity index (χ4n) is 1.33. The highest BCUT2D eigenvalue weighted by atomic mass is 16.7. The second kappa shape index (κ2) is 3.64. The summed E-state index contributed by atoms with van der Waals surface area (Å²) in [5, 5.41) is 0. The molecule has 1 aromatic heterocycles. The average Bonchev–Trinajstić information content (AvgIpc) is 2.61. The van der Waals surface area contributed by atoms with E-state index in [0.717, 1.165) is 17.9 Å². The number of aromatic nitrogens is 1. The zero-order chi connectivity index (χ0) is 9.10. The molecule has 0 aliphatic carbocycles. The molecule has 13 heavy (non-hydrogen) atoms. The van der Waals surface area contributed by atoms with Gasteiger partial charge in [0.15, 0.2) is 5.75 Å². The van der Waals surface area contributed by atoms with Crippen molar-refractivity contribution in [2.75, 3.05) is 6.79 Å². The van der Waals surface area contributed by atoms with Crippen LogP contribution in [-0.4, -0.2) is 11.8 Å². The van der Waals surface area contributed by atoms with Gasteiger partial charge in [-0.05, 0) is 25.0 Å². The van der Waals surface area contributed by atoms with Gasteiger partial charge < -0.3 is 9.47 Å². The number of hydrogen-bond donors (Lipinski definition) is 0. The topological polar surface area (TPSA) is 31.4 Å². The summed E-state index contributed by atoms with van der Waals surface area (Å²) in [4.78, 5) is 4.34. The van der Waals surface area contributed by atoms with E-state index in [1.54, 1.807) is 0 Å². The van der Waals surface area contributed by atoms with Gasteiger partial charge in [-0.15, -0.1) is 0 Å². The molecule has 0 N–H and O–H groups in total. The van der Waals surface area contributed by atoms with Crippen LogP contribution in [0.3, 0.4) is 0 Å². The van der Waals surface area contributed by atoms with E-state index in [9.17, 15) is 0 Å². The van der Waals surface area contributed by atoms with Crippen LogP contribution < -0.4 is 9.47 Å². The number of ether oxygens (including phenoxy) is 2. The molecule has 1 aliphatic rings. The highest BCUT2D eigenvalue weighted by molar-refractivity contribution is 5.36. The van der Waals surface area contributed by atoms with Crippen molar-refractivity contribution in [2.45, 2.75) is 26.2 Å². The zero-order valence-electron chi connectivity index (χ0n) is 7.75. The first kappa shape index (κ1) is 8.35. The predicted molar refractivity (Wildman–Crippen MR) is 49.0 cm³/mol. The molecule has 70 valence electrons. The number of aryl methyl sites for hydroxylation is 1. The fourth-order valence-corrected chi connectivity index (χ4v) is 1.33. The summed E-state index contributed by atoms with van der Waals surface area (Å²) in [5.41, 5.74) is 1.09. The van der Waals surface area contributed by atoms with Crippen molar-refractivity contribution in [3.05, 3.63) is 17.8 Å². The lowest BCUT2D eigenvalue weighted by atomic mass is 10.2. The van der Waals surface area contributed by atoms with Crippen LogP contribution in [0.2, 0.25) is 0 Å². The van der Waals surface area contributed by atoms with E-state index in [1.165, 1.54) is 12.8 Å². The highest BCUT2D eigenvalue weighted by Gasteiger charge is 2.14. The Balaban J connectivity index is 2.12. The quantitative estimate of drug-likeness (QED) is 0.712. The molecule has 0 bridgehead atoms. The number of hydrogen-bond acceptors (Lipinski definition) is 3. The smallest absolute Gasteiger partial charge is 0.260 e. The van der Waals surface area contributed by atoms with E-state index in [4.69, 9.17) is 9.47 Å². The Morgan fingerprint density at radius 2 is 2.31 bits per heavy atom. The summed E-state index contributed by atoms with van der Waals surface area (Å²) >= 11 is 0. The van der Waals surface area contributed by atoms with Gasteiger partial charge in [-0.2, -0.15) is 0 Å². The van der Waals surface area contributed by atoms with Crippen LogP contribution in [0.25, 0.3) is 0 Å². The normalized spacial score (nSPS) is 13.3. The molecule has 1 aliphatic heterocycles. The number of fused-ring (bicyclic) bond motifs is 1. The first-order valence-corrected chi connectivity index (χ1v) is 4.65. The summed E-state index contributed by atoms with van der Waals surface area (Å²) in [7, 11) is 0. The maximum Gasteiger partial charge on any atom is 0.260 e. The standard InChI is InChI=1S/C10H13NO2/c1-2-3-4-8-5-6-9-10(11-8)13-7-12-9/h5-6H,2-4,7H2,1H3. The second-order valence-corrected chi connectivity index (χ2v) is 3.12. The number of nitrogens with zero attached hydrogens (tertiary/aromatic N) is 1. The summed E-state index contributed by atoms with van der Waals surface area (Å²) in [6.07, 6.45) is 3.38. The maximum absolute atomic E-state index is 5.19. The Kier molecular flexibility index (Phi) is 2.34. The summed E-state index contributed by atoms with van der Waals surface area (Å²) in [5.74, 6) is 1.41. The molecule has 0 atom stereocenters. The first-order chi connectivity index (χ1) is 6.40. The minimum Gasteiger partial charge on any atom is -0.452 e. The highest BCUT2D eigenvalue weighted by Crippen LogP contribution is 2.29. The molecule has 0 saturated carbocycles. The number of pyridine rings is 1. The van der Waals surface area contributed by atoms with Crippen LogP contribution in [0, 0.1) is 0 Å². The van der Waals surface area contributed by atoms with E-state index in [1.807, 2.05) is 12.1 Å². The van der Waals surface area contributed by atoms with Crippen molar-refractivity contribution in [1.29, 1.82) is 0 Å². The van der Waals surface area contributed by atoms with Gasteiger partial charge in [-0.1, -0.05) is 13.3 Å². The van der Waals surface area contributed by atoms with Crippen molar-refractivity contribution >= 4 is 0 Å². The Morgan fingerprint density at radius 3 is 3.15 bits per heavy atom. The SMILES string of the molecule is CCCCc1ccc2c(n1)OCO2. The Hall–Kier alpha value is -1.25. The molecule has 1 aromatic rings. The van der Waals surface area contributed by atoms with Crippen molar-refractivity contribution in [1.82, 2.24) is 4.98 Å². The lowest BCUT2D eigenvalue weighted by Gasteiger charge is -1.99. The van der Waals surface area contributed by atoms with E-state index in [-0.39, 0.29) is 0 Å². The Morgan fingerprint density at radius 1 is 1.38 bits per heavy atom. The van der Waals surface area contributed by atoms with Crippen LogP contribution >= 0.6 is 0 Å². The molecule has 0 saturated heterocycles.